The molecule has 3 rings (SSSR count). The molecule has 22 heavy (non-hydrogen) atoms. The second-order valence-corrected chi connectivity index (χ2v) is 5.38. The zero-order valence-corrected chi connectivity index (χ0v) is 11.6. The van der Waals surface area contributed by atoms with Gasteiger partial charge in [-0.25, -0.2) is 8.78 Å². The van der Waals surface area contributed by atoms with E-state index in [0.29, 0.717) is 10.1 Å². The molecule has 1 aromatic carbocycles. The van der Waals surface area contributed by atoms with Crippen molar-refractivity contribution in [3.8, 4) is 11.5 Å². The van der Waals surface area contributed by atoms with Gasteiger partial charge in [-0.15, -0.1) is 11.3 Å². The smallest absolute Gasteiger partial charge is 0.258 e. The Kier molecular flexibility index (Phi) is 3.45. The summed E-state index contributed by atoms with van der Waals surface area (Å²) in [5, 5.41) is 0.470. The minimum absolute atomic E-state index is 0.103. The number of carbonyl (C=O) groups excluding carboxylic acids is 1. The van der Waals surface area contributed by atoms with Gasteiger partial charge in [0.05, 0.1) is 15.8 Å². The summed E-state index contributed by atoms with van der Waals surface area (Å²) >= 11 is 1.10. The van der Waals surface area contributed by atoms with Crippen molar-refractivity contribution in [3.63, 3.8) is 0 Å². The van der Waals surface area contributed by atoms with Crippen LogP contribution in [0, 0.1) is 17.5 Å². The van der Waals surface area contributed by atoms with Crippen molar-refractivity contribution in [2.75, 3.05) is 0 Å². The molecule has 0 radical (unpaired) electrons. The van der Waals surface area contributed by atoms with Crippen molar-refractivity contribution in [1.29, 1.82) is 0 Å². The van der Waals surface area contributed by atoms with E-state index in [9.17, 15) is 18.0 Å². The van der Waals surface area contributed by atoms with Crippen LogP contribution in [0.25, 0.3) is 10.1 Å². The first-order chi connectivity index (χ1) is 10.5. The summed E-state index contributed by atoms with van der Waals surface area (Å²) in [6.45, 7) is 0. The summed E-state index contributed by atoms with van der Waals surface area (Å²) in [7, 11) is 0. The summed E-state index contributed by atoms with van der Waals surface area (Å²) in [5.41, 5.74) is 5.20. The van der Waals surface area contributed by atoms with E-state index in [1.807, 2.05) is 0 Å². The van der Waals surface area contributed by atoms with Crippen LogP contribution in [-0.2, 0) is 0 Å². The van der Waals surface area contributed by atoms with Crippen LogP contribution >= 0.6 is 11.3 Å². The molecule has 4 nitrogen and oxygen atoms in total. The number of amides is 1. The lowest BCUT2D eigenvalue weighted by Gasteiger charge is -2.08. The Morgan fingerprint density at radius 2 is 1.91 bits per heavy atom. The molecule has 8 heteroatoms. The molecular formula is C14H7F3N2O2S. The number of primary amides is 1. The predicted molar refractivity (Wildman–Crippen MR) is 74.5 cm³/mol. The summed E-state index contributed by atoms with van der Waals surface area (Å²) in [5.74, 6) is -5.38. The van der Waals surface area contributed by atoms with Gasteiger partial charge in [0.25, 0.3) is 5.91 Å². The molecule has 2 heterocycles. The number of nitrogens with zero attached hydrogens (tertiary/aromatic N) is 1. The lowest BCUT2D eigenvalue weighted by Crippen LogP contribution is -2.08. The number of hydrogen-bond donors (Lipinski definition) is 1. The summed E-state index contributed by atoms with van der Waals surface area (Å²) in [6, 6.07) is 3.19. The molecule has 0 fully saturated rings. The molecule has 0 saturated heterocycles. The minimum atomic E-state index is -1.62. The fourth-order valence-electron chi connectivity index (χ4n) is 1.84. The lowest BCUT2D eigenvalue weighted by atomic mass is 10.2. The molecule has 0 aliphatic rings. The maximum atomic E-state index is 13.6. The molecule has 0 spiro atoms. The number of ether oxygens (including phenoxy) is 1. The number of carbonyl (C=O) groups is 1. The average Bonchev–Trinajstić information content (AvgIpc) is 2.93. The van der Waals surface area contributed by atoms with E-state index >= 15 is 0 Å². The van der Waals surface area contributed by atoms with Gasteiger partial charge in [0.2, 0.25) is 5.82 Å². The van der Waals surface area contributed by atoms with Gasteiger partial charge in [-0.2, -0.15) is 4.39 Å². The van der Waals surface area contributed by atoms with Crippen molar-refractivity contribution in [2.24, 2.45) is 5.73 Å². The normalized spacial score (nSPS) is 10.9. The molecule has 0 aliphatic carbocycles. The first-order valence-electron chi connectivity index (χ1n) is 5.96. The second kappa shape index (κ2) is 5.30. The molecule has 0 aliphatic heterocycles. The lowest BCUT2D eigenvalue weighted by molar-refractivity contribution is 0.100. The molecule has 0 atom stereocenters. The van der Waals surface area contributed by atoms with E-state index in [1.54, 1.807) is 0 Å². The highest BCUT2D eigenvalue weighted by Gasteiger charge is 2.17. The highest BCUT2D eigenvalue weighted by Crippen LogP contribution is 2.35. The molecular weight excluding hydrogens is 317 g/mol. The molecule has 0 bridgehead atoms. The Labute approximate surface area is 126 Å². The number of benzene rings is 1. The van der Waals surface area contributed by atoms with Gasteiger partial charge < -0.3 is 10.5 Å². The number of nitrogens with two attached hydrogens (primary N) is 1. The van der Waals surface area contributed by atoms with E-state index in [2.05, 4.69) is 4.98 Å². The van der Waals surface area contributed by atoms with Gasteiger partial charge in [0.1, 0.15) is 0 Å². The van der Waals surface area contributed by atoms with E-state index in [4.69, 9.17) is 10.5 Å². The van der Waals surface area contributed by atoms with Crippen molar-refractivity contribution < 1.29 is 22.7 Å². The number of fused-ring (bicyclic) bond motifs is 1. The summed E-state index contributed by atoms with van der Waals surface area (Å²) in [6.07, 6.45) is 2.77. The maximum absolute atomic E-state index is 13.6. The molecule has 0 saturated carbocycles. The summed E-state index contributed by atoms with van der Waals surface area (Å²) in [4.78, 5) is 15.4. The van der Waals surface area contributed by atoms with E-state index in [1.165, 1.54) is 18.5 Å². The van der Waals surface area contributed by atoms with Crippen LogP contribution in [-0.4, -0.2) is 10.9 Å². The quantitative estimate of drug-likeness (QED) is 0.749. The topological polar surface area (TPSA) is 65.2 Å². The third-order valence-electron chi connectivity index (χ3n) is 2.87. The third-order valence-corrected chi connectivity index (χ3v) is 3.96. The Balaban J connectivity index is 2.08. The highest BCUT2D eigenvalue weighted by molar-refractivity contribution is 7.20. The number of rotatable bonds is 3. The van der Waals surface area contributed by atoms with E-state index in [-0.39, 0.29) is 10.6 Å². The van der Waals surface area contributed by atoms with Crippen LogP contribution in [0.5, 0.6) is 11.5 Å². The molecule has 1 amide bonds. The van der Waals surface area contributed by atoms with Crippen LogP contribution in [0.1, 0.15) is 9.67 Å². The van der Waals surface area contributed by atoms with Gasteiger partial charge in [-0.3, -0.25) is 9.78 Å². The second-order valence-electron chi connectivity index (χ2n) is 4.30. The SMILES string of the molecule is NC(=O)c1cc2c(Oc3ccc(F)c(F)c3F)cncc2s1. The van der Waals surface area contributed by atoms with Crippen LogP contribution in [0.15, 0.2) is 30.6 Å². The first-order valence-corrected chi connectivity index (χ1v) is 6.77. The number of pyridine rings is 1. The average molecular weight is 324 g/mol. The highest BCUT2D eigenvalue weighted by atomic mass is 32.1. The maximum Gasteiger partial charge on any atom is 0.258 e. The fourth-order valence-corrected chi connectivity index (χ4v) is 2.74. The zero-order valence-electron chi connectivity index (χ0n) is 10.8. The van der Waals surface area contributed by atoms with Gasteiger partial charge >= 0.3 is 0 Å². The standard InChI is InChI=1S/C14H7F3N2O2S/c15-7-1-2-8(13(17)12(7)16)21-9-4-19-5-11-6(9)3-10(22-11)14(18)20/h1-5H,(H2,18,20). The van der Waals surface area contributed by atoms with E-state index in [0.717, 1.165) is 23.5 Å². The Morgan fingerprint density at radius 1 is 1.14 bits per heavy atom. The van der Waals surface area contributed by atoms with Crippen molar-refractivity contribution in [2.45, 2.75) is 0 Å². The molecule has 3 aromatic rings. The van der Waals surface area contributed by atoms with Crippen LogP contribution in [0.2, 0.25) is 0 Å². The predicted octanol–water partition coefficient (Wildman–Crippen LogP) is 3.60. The van der Waals surface area contributed by atoms with Gasteiger partial charge in [0, 0.05) is 11.6 Å². The van der Waals surface area contributed by atoms with Crippen molar-refractivity contribution in [1.82, 2.24) is 4.98 Å². The van der Waals surface area contributed by atoms with Crippen molar-refractivity contribution in [3.05, 3.63) is 52.9 Å². The largest absolute Gasteiger partial charge is 0.452 e. The Hall–Kier alpha value is -2.61. The van der Waals surface area contributed by atoms with Crippen LogP contribution < -0.4 is 10.5 Å². The number of thiophene rings is 1. The molecule has 2 N–H and O–H groups in total. The van der Waals surface area contributed by atoms with Crippen LogP contribution in [0.3, 0.4) is 0 Å². The van der Waals surface area contributed by atoms with Crippen LogP contribution in [0.4, 0.5) is 13.2 Å². The number of aromatic nitrogens is 1. The molecule has 112 valence electrons. The van der Waals surface area contributed by atoms with Gasteiger partial charge in [0.15, 0.2) is 23.1 Å². The van der Waals surface area contributed by atoms with Crippen molar-refractivity contribution >= 4 is 27.3 Å². The summed E-state index contributed by atoms with van der Waals surface area (Å²) < 4.78 is 45.6. The van der Waals surface area contributed by atoms with Gasteiger partial charge in [-0.05, 0) is 18.2 Å². The minimum Gasteiger partial charge on any atom is -0.452 e. The zero-order chi connectivity index (χ0) is 15.9. The first kappa shape index (κ1) is 14.3. The molecule has 2 aromatic heterocycles. The monoisotopic (exact) mass is 324 g/mol. The fraction of sp³-hybridized carbons (Fsp3) is 0. The third kappa shape index (κ3) is 2.37. The van der Waals surface area contributed by atoms with Gasteiger partial charge in [-0.1, -0.05) is 0 Å². The Bertz CT molecular complexity index is 895. The Morgan fingerprint density at radius 3 is 2.64 bits per heavy atom. The number of hydrogen-bond acceptors (Lipinski definition) is 4. The van der Waals surface area contributed by atoms with E-state index < -0.39 is 29.1 Å². The number of halogens is 3. The molecule has 0 unspecified atom stereocenters.